The lowest BCUT2D eigenvalue weighted by atomic mass is 10.1. The molecule has 0 bridgehead atoms. The minimum absolute atomic E-state index is 0.0985. The molecule has 2 aromatic carbocycles. The molecule has 0 aliphatic heterocycles. The number of carbonyl (C=O) groups is 2. The average molecular weight is 407 g/mol. The van der Waals surface area contributed by atoms with Gasteiger partial charge in [0.1, 0.15) is 11.4 Å². The number of nitro groups is 1. The summed E-state index contributed by atoms with van der Waals surface area (Å²) in [5, 5.41) is 16.9. The van der Waals surface area contributed by atoms with Crippen molar-refractivity contribution in [3.8, 4) is 5.75 Å². The Labute approximate surface area is 166 Å². The van der Waals surface area contributed by atoms with Crippen LogP contribution in [0.2, 0.25) is 5.02 Å². The predicted octanol–water partition coefficient (Wildman–Crippen LogP) is 3.01. The number of rotatable bonds is 7. The van der Waals surface area contributed by atoms with Gasteiger partial charge < -0.3 is 20.3 Å². The number of hydrogen-bond acceptors (Lipinski definition) is 6. The number of carbonyl (C=O) groups excluding carboxylic acids is 2. The molecule has 0 aliphatic carbocycles. The van der Waals surface area contributed by atoms with E-state index in [0.717, 1.165) is 4.90 Å². The van der Waals surface area contributed by atoms with Crippen molar-refractivity contribution in [1.29, 1.82) is 0 Å². The smallest absolute Gasteiger partial charge is 0.293 e. The molecule has 0 fully saturated rings. The van der Waals surface area contributed by atoms with Gasteiger partial charge in [-0.05, 0) is 30.3 Å². The first-order valence-electron chi connectivity index (χ1n) is 8.12. The molecule has 9 nitrogen and oxygen atoms in total. The van der Waals surface area contributed by atoms with Crippen molar-refractivity contribution in [2.45, 2.75) is 0 Å². The fourth-order valence-electron chi connectivity index (χ4n) is 2.50. The van der Waals surface area contributed by atoms with Crippen molar-refractivity contribution in [3.63, 3.8) is 0 Å². The van der Waals surface area contributed by atoms with Gasteiger partial charge >= 0.3 is 0 Å². The Balaban J connectivity index is 2.12. The van der Waals surface area contributed by atoms with Crippen LogP contribution >= 0.6 is 11.6 Å². The summed E-state index contributed by atoms with van der Waals surface area (Å²) in [5.74, 6) is -0.582. The fraction of sp³-hybridized carbons (Fsp3) is 0.222. The highest BCUT2D eigenvalue weighted by molar-refractivity contribution is 6.31. The number of amides is 2. The quantitative estimate of drug-likeness (QED) is 0.539. The minimum atomic E-state index is -0.583. The van der Waals surface area contributed by atoms with Gasteiger partial charge in [0, 0.05) is 30.7 Å². The number of benzene rings is 2. The molecule has 0 aromatic heterocycles. The summed E-state index contributed by atoms with van der Waals surface area (Å²) in [6.07, 6.45) is 0. The highest BCUT2D eigenvalue weighted by atomic mass is 35.5. The van der Waals surface area contributed by atoms with Gasteiger partial charge in [0.2, 0.25) is 5.91 Å². The van der Waals surface area contributed by atoms with E-state index in [-0.39, 0.29) is 23.5 Å². The number of halogens is 1. The van der Waals surface area contributed by atoms with E-state index >= 15 is 0 Å². The van der Waals surface area contributed by atoms with Crippen LogP contribution in [0.3, 0.4) is 0 Å². The molecule has 0 unspecified atom stereocenters. The van der Waals surface area contributed by atoms with Crippen LogP contribution in [0.25, 0.3) is 0 Å². The summed E-state index contributed by atoms with van der Waals surface area (Å²) in [4.78, 5) is 36.6. The van der Waals surface area contributed by atoms with Gasteiger partial charge in [-0.25, -0.2) is 0 Å². The average Bonchev–Trinajstić information content (AvgIpc) is 2.66. The van der Waals surface area contributed by atoms with Crippen LogP contribution < -0.4 is 15.4 Å². The van der Waals surface area contributed by atoms with Gasteiger partial charge in [-0.2, -0.15) is 0 Å². The molecule has 10 heteroatoms. The van der Waals surface area contributed by atoms with E-state index in [1.807, 2.05) is 0 Å². The minimum Gasteiger partial charge on any atom is -0.495 e. The molecule has 2 N–H and O–H groups in total. The molecule has 148 valence electrons. The second kappa shape index (κ2) is 9.05. The first-order chi connectivity index (χ1) is 13.3. The summed E-state index contributed by atoms with van der Waals surface area (Å²) in [5.41, 5.74) is 0.529. The van der Waals surface area contributed by atoms with E-state index < -0.39 is 16.7 Å². The first-order valence-corrected chi connectivity index (χ1v) is 8.49. The van der Waals surface area contributed by atoms with Crippen molar-refractivity contribution < 1.29 is 19.2 Å². The summed E-state index contributed by atoms with van der Waals surface area (Å²) >= 11 is 5.93. The highest BCUT2D eigenvalue weighted by Crippen LogP contribution is 2.28. The number of nitrogens with zero attached hydrogens (tertiary/aromatic N) is 2. The van der Waals surface area contributed by atoms with Gasteiger partial charge in [0.25, 0.3) is 11.6 Å². The van der Waals surface area contributed by atoms with E-state index in [4.69, 9.17) is 16.3 Å². The Kier molecular flexibility index (Phi) is 6.78. The van der Waals surface area contributed by atoms with Crippen molar-refractivity contribution in [2.24, 2.45) is 0 Å². The van der Waals surface area contributed by atoms with Gasteiger partial charge in [-0.1, -0.05) is 11.6 Å². The standard InChI is InChI=1S/C18H19ClN4O5/c1-20-13-6-4-11(8-15(13)23(26)27)18(25)22(2)10-17(24)21-14-9-12(19)5-7-16(14)28-3/h4-9,20H,10H2,1-3H3,(H,21,24). The summed E-state index contributed by atoms with van der Waals surface area (Å²) in [7, 11) is 4.43. The molecular formula is C18H19ClN4O5. The van der Waals surface area contributed by atoms with E-state index in [9.17, 15) is 19.7 Å². The Morgan fingerprint density at radius 3 is 2.54 bits per heavy atom. The van der Waals surface area contributed by atoms with Gasteiger partial charge in [-0.3, -0.25) is 19.7 Å². The summed E-state index contributed by atoms with van der Waals surface area (Å²) < 4.78 is 5.16. The molecule has 28 heavy (non-hydrogen) atoms. The molecule has 0 atom stereocenters. The number of nitrogens with one attached hydrogen (secondary N) is 2. The lowest BCUT2D eigenvalue weighted by molar-refractivity contribution is -0.384. The Morgan fingerprint density at radius 1 is 1.21 bits per heavy atom. The maximum atomic E-state index is 12.5. The normalized spacial score (nSPS) is 10.1. The van der Waals surface area contributed by atoms with Gasteiger partial charge in [-0.15, -0.1) is 0 Å². The Hall–Kier alpha value is -3.33. The molecule has 0 saturated heterocycles. The zero-order chi connectivity index (χ0) is 20.8. The van der Waals surface area contributed by atoms with Gasteiger partial charge in [0.05, 0.1) is 24.3 Å². The molecule has 0 radical (unpaired) electrons. The van der Waals surface area contributed by atoms with E-state index in [2.05, 4.69) is 10.6 Å². The molecule has 2 aromatic rings. The number of ether oxygens (including phenoxy) is 1. The third-order valence-electron chi connectivity index (χ3n) is 3.87. The number of nitro benzene ring substituents is 1. The van der Waals surface area contributed by atoms with E-state index in [0.29, 0.717) is 16.5 Å². The van der Waals surface area contributed by atoms with Crippen LogP contribution in [0.1, 0.15) is 10.4 Å². The molecule has 0 spiro atoms. The summed E-state index contributed by atoms with van der Waals surface area (Å²) in [6.45, 7) is -0.268. The predicted molar refractivity (Wildman–Crippen MR) is 106 cm³/mol. The van der Waals surface area contributed by atoms with Crippen LogP contribution in [0.4, 0.5) is 17.1 Å². The van der Waals surface area contributed by atoms with Gasteiger partial charge in [0.15, 0.2) is 0 Å². The van der Waals surface area contributed by atoms with Crippen molar-refractivity contribution >= 4 is 40.5 Å². The third-order valence-corrected chi connectivity index (χ3v) is 4.11. The molecule has 2 rings (SSSR count). The maximum Gasteiger partial charge on any atom is 0.293 e. The first kappa shape index (κ1) is 21.0. The van der Waals surface area contributed by atoms with Crippen molar-refractivity contribution in [2.75, 3.05) is 38.4 Å². The topological polar surface area (TPSA) is 114 Å². The zero-order valence-corrected chi connectivity index (χ0v) is 16.2. The van der Waals surface area contributed by atoms with Crippen LogP contribution in [0, 0.1) is 10.1 Å². The molecule has 0 heterocycles. The maximum absolute atomic E-state index is 12.5. The SMILES string of the molecule is CNc1ccc(C(=O)N(C)CC(=O)Nc2cc(Cl)ccc2OC)cc1[N+](=O)[O-]. The lowest BCUT2D eigenvalue weighted by Gasteiger charge is -2.18. The van der Waals surface area contributed by atoms with Crippen LogP contribution in [0.15, 0.2) is 36.4 Å². The van der Waals surface area contributed by atoms with Crippen molar-refractivity contribution in [1.82, 2.24) is 4.90 Å². The zero-order valence-electron chi connectivity index (χ0n) is 15.5. The fourth-order valence-corrected chi connectivity index (χ4v) is 2.67. The van der Waals surface area contributed by atoms with Crippen LogP contribution in [-0.2, 0) is 4.79 Å². The molecular weight excluding hydrogens is 388 g/mol. The molecule has 0 aliphatic rings. The Bertz CT molecular complexity index is 919. The number of anilines is 2. The monoisotopic (exact) mass is 406 g/mol. The number of methoxy groups -OCH3 is 1. The lowest BCUT2D eigenvalue weighted by Crippen LogP contribution is -2.35. The second-order valence-electron chi connectivity index (χ2n) is 5.79. The van der Waals surface area contributed by atoms with Crippen LogP contribution in [0.5, 0.6) is 5.75 Å². The Morgan fingerprint density at radius 2 is 1.93 bits per heavy atom. The summed E-state index contributed by atoms with van der Waals surface area (Å²) in [6, 6.07) is 8.82. The largest absolute Gasteiger partial charge is 0.495 e. The molecule has 0 saturated carbocycles. The number of likely N-dealkylation sites (N-methyl/N-ethyl adjacent to an activating group) is 1. The van der Waals surface area contributed by atoms with Crippen LogP contribution in [-0.4, -0.2) is 49.4 Å². The van der Waals surface area contributed by atoms with E-state index in [1.165, 1.54) is 38.4 Å². The molecule has 2 amide bonds. The number of hydrogen-bond donors (Lipinski definition) is 2. The van der Waals surface area contributed by atoms with Crippen molar-refractivity contribution in [3.05, 3.63) is 57.1 Å². The third kappa shape index (κ3) is 4.89. The second-order valence-corrected chi connectivity index (χ2v) is 6.23. The highest BCUT2D eigenvalue weighted by Gasteiger charge is 2.20. The van der Waals surface area contributed by atoms with E-state index in [1.54, 1.807) is 19.2 Å².